The van der Waals surface area contributed by atoms with Gasteiger partial charge in [-0.15, -0.1) is 0 Å². The Morgan fingerprint density at radius 3 is 2.76 bits per heavy atom. The van der Waals surface area contributed by atoms with Gasteiger partial charge in [0.25, 0.3) is 0 Å². The Hall–Kier alpha value is -1.65. The van der Waals surface area contributed by atoms with Gasteiger partial charge in [-0.3, -0.25) is 4.68 Å². The summed E-state index contributed by atoms with van der Waals surface area (Å²) in [4.78, 5) is 22.5. The van der Waals surface area contributed by atoms with E-state index < -0.39 is 11.4 Å². The third-order valence-corrected chi connectivity index (χ3v) is 2.67. The van der Waals surface area contributed by atoms with E-state index in [2.05, 4.69) is 5.10 Å². The number of aryl methyl sites for hydroxylation is 1. The molecule has 1 aromatic heterocycles. The number of rotatable bonds is 5. The first-order valence-electron chi connectivity index (χ1n) is 5.57. The quantitative estimate of drug-likeness (QED) is 0.575. The standard InChI is InChI=1S/C12H18N2O3/c1-5-17-11(16)9-8-13-14(4)10(9)12(2,3)6-7-15/h7-8H,5-6H2,1-4H3. The molecule has 0 aromatic carbocycles. The molecule has 0 unspecified atom stereocenters. The number of aldehydes is 1. The second-order valence-electron chi connectivity index (χ2n) is 4.51. The van der Waals surface area contributed by atoms with E-state index in [4.69, 9.17) is 4.74 Å². The van der Waals surface area contributed by atoms with Crippen molar-refractivity contribution in [2.24, 2.45) is 7.05 Å². The molecule has 1 aromatic rings. The fraction of sp³-hybridized carbons (Fsp3) is 0.583. The molecule has 0 aliphatic rings. The predicted molar refractivity (Wildman–Crippen MR) is 62.9 cm³/mol. The van der Waals surface area contributed by atoms with Gasteiger partial charge in [0.1, 0.15) is 11.8 Å². The summed E-state index contributed by atoms with van der Waals surface area (Å²) in [7, 11) is 1.75. The summed E-state index contributed by atoms with van der Waals surface area (Å²) in [5.74, 6) is -0.394. The minimum atomic E-state index is -0.435. The maximum absolute atomic E-state index is 11.8. The number of carbonyl (C=O) groups is 2. The molecule has 94 valence electrons. The van der Waals surface area contributed by atoms with Crippen LogP contribution in [0, 0.1) is 0 Å². The lowest BCUT2D eigenvalue weighted by atomic mass is 9.84. The van der Waals surface area contributed by atoms with Crippen LogP contribution in [0.4, 0.5) is 0 Å². The zero-order valence-corrected chi connectivity index (χ0v) is 10.7. The number of hydrogen-bond donors (Lipinski definition) is 0. The molecule has 0 atom stereocenters. The lowest BCUT2D eigenvalue weighted by molar-refractivity contribution is -0.108. The Balaban J connectivity index is 3.18. The van der Waals surface area contributed by atoms with Gasteiger partial charge in [0.05, 0.1) is 18.5 Å². The molecule has 0 radical (unpaired) electrons. The van der Waals surface area contributed by atoms with Gasteiger partial charge >= 0.3 is 5.97 Å². The minimum Gasteiger partial charge on any atom is -0.462 e. The van der Waals surface area contributed by atoms with E-state index in [1.807, 2.05) is 13.8 Å². The highest BCUT2D eigenvalue weighted by Gasteiger charge is 2.30. The van der Waals surface area contributed by atoms with Crippen molar-refractivity contribution < 1.29 is 14.3 Å². The van der Waals surface area contributed by atoms with Crippen molar-refractivity contribution in [3.05, 3.63) is 17.5 Å². The fourth-order valence-electron chi connectivity index (χ4n) is 1.90. The summed E-state index contributed by atoms with van der Waals surface area (Å²) in [5, 5.41) is 4.07. The largest absolute Gasteiger partial charge is 0.462 e. The zero-order valence-electron chi connectivity index (χ0n) is 10.7. The molecule has 0 aliphatic carbocycles. The van der Waals surface area contributed by atoms with Crippen LogP contribution in [0.15, 0.2) is 6.20 Å². The molecule has 5 heteroatoms. The van der Waals surface area contributed by atoms with Crippen LogP contribution in [0.25, 0.3) is 0 Å². The van der Waals surface area contributed by atoms with Crippen molar-refractivity contribution in [1.82, 2.24) is 9.78 Å². The minimum absolute atomic E-state index is 0.321. The summed E-state index contributed by atoms with van der Waals surface area (Å²) in [6.45, 7) is 5.88. The summed E-state index contributed by atoms with van der Waals surface area (Å²) < 4.78 is 6.60. The van der Waals surface area contributed by atoms with E-state index in [1.54, 1.807) is 18.7 Å². The first kappa shape index (κ1) is 13.4. The van der Waals surface area contributed by atoms with Crippen LogP contribution in [-0.4, -0.2) is 28.6 Å². The lowest BCUT2D eigenvalue weighted by Gasteiger charge is -2.23. The normalized spacial score (nSPS) is 11.3. The lowest BCUT2D eigenvalue weighted by Crippen LogP contribution is -2.25. The molecule has 0 spiro atoms. The van der Waals surface area contributed by atoms with Crippen molar-refractivity contribution in [3.8, 4) is 0 Å². The molecule has 1 rings (SSSR count). The van der Waals surface area contributed by atoms with Gasteiger partial charge in [0.15, 0.2) is 0 Å². The number of nitrogens with zero attached hydrogens (tertiary/aromatic N) is 2. The Labute approximate surface area is 101 Å². The van der Waals surface area contributed by atoms with Crippen molar-refractivity contribution >= 4 is 12.3 Å². The highest BCUT2D eigenvalue weighted by molar-refractivity contribution is 5.91. The molecule has 0 aliphatic heterocycles. The van der Waals surface area contributed by atoms with Crippen LogP contribution in [0.3, 0.4) is 0 Å². The average molecular weight is 238 g/mol. The van der Waals surface area contributed by atoms with Gasteiger partial charge in [0.2, 0.25) is 0 Å². The van der Waals surface area contributed by atoms with Gasteiger partial charge in [-0.1, -0.05) is 13.8 Å². The van der Waals surface area contributed by atoms with Gasteiger partial charge < -0.3 is 9.53 Å². The number of ether oxygens (including phenoxy) is 1. The number of hydrogen-bond acceptors (Lipinski definition) is 4. The second-order valence-corrected chi connectivity index (χ2v) is 4.51. The van der Waals surface area contributed by atoms with E-state index in [0.29, 0.717) is 18.6 Å². The molecular weight excluding hydrogens is 220 g/mol. The van der Waals surface area contributed by atoms with E-state index in [-0.39, 0.29) is 0 Å². The molecule has 17 heavy (non-hydrogen) atoms. The van der Waals surface area contributed by atoms with Crippen molar-refractivity contribution in [1.29, 1.82) is 0 Å². The van der Waals surface area contributed by atoms with Crippen molar-refractivity contribution in [3.63, 3.8) is 0 Å². The van der Waals surface area contributed by atoms with Gasteiger partial charge in [0, 0.05) is 18.9 Å². The topological polar surface area (TPSA) is 61.2 Å². The summed E-state index contributed by atoms with van der Waals surface area (Å²) >= 11 is 0. The Morgan fingerprint density at radius 1 is 1.59 bits per heavy atom. The molecule has 0 N–H and O–H groups in total. The Morgan fingerprint density at radius 2 is 2.24 bits per heavy atom. The van der Waals surface area contributed by atoms with E-state index in [9.17, 15) is 9.59 Å². The third-order valence-electron chi connectivity index (χ3n) is 2.67. The van der Waals surface area contributed by atoms with Crippen molar-refractivity contribution in [2.45, 2.75) is 32.6 Å². The van der Waals surface area contributed by atoms with Crippen LogP contribution in [0.1, 0.15) is 43.2 Å². The predicted octanol–water partition coefficient (Wildman–Crippen LogP) is 1.46. The highest BCUT2D eigenvalue weighted by atomic mass is 16.5. The Kier molecular flexibility index (Phi) is 4.04. The summed E-state index contributed by atoms with van der Waals surface area (Å²) in [5.41, 5.74) is 0.721. The molecule has 0 bridgehead atoms. The summed E-state index contributed by atoms with van der Waals surface area (Å²) in [6.07, 6.45) is 2.67. The first-order valence-corrected chi connectivity index (χ1v) is 5.57. The molecule has 0 saturated carbocycles. The maximum atomic E-state index is 11.8. The Bertz CT molecular complexity index is 421. The van der Waals surface area contributed by atoms with Crippen LogP contribution in [-0.2, 0) is 22.0 Å². The van der Waals surface area contributed by atoms with Crippen LogP contribution in [0.5, 0.6) is 0 Å². The highest BCUT2D eigenvalue weighted by Crippen LogP contribution is 2.29. The van der Waals surface area contributed by atoms with Crippen LogP contribution in [0.2, 0.25) is 0 Å². The van der Waals surface area contributed by atoms with E-state index in [0.717, 1.165) is 12.0 Å². The van der Waals surface area contributed by atoms with Gasteiger partial charge in [-0.05, 0) is 6.92 Å². The van der Waals surface area contributed by atoms with Crippen LogP contribution < -0.4 is 0 Å². The number of esters is 1. The molecule has 5 nitrogen and oxygen atoms in total. The zero-order chi connectivity index (χ0) is 13.1. The van der Waals surface area contributed by atoms with E-state index in [1.165, 1.54) is 6.20 Å². The third kappa shape index (κ3) is 2.72. The van der Waals surface area contributed by atoms with Crippen molar-refractivity contribution in [2.75, 3.05) is 6.61 Å². The molecule has 0 amide bonds. The summed E-state index contributed by atoms with van der Waals surface area (Å²) in [6, 6.07) is 0. The molecular formula is C12H18N2O3. The fourth-order valence-corrected chi connectivity index (χ4v) is 1.90. The average Bonchev–Trinajstić information content (AvgIpc) is 2.61. The second kappa shape index (κ2) is 5.12. The molecule has 0 fully saturated rings. The number of carbonyl (C=O) groups excluding carboxylic acids is 2. The monoisotopic (exact) mass is 238 g/mol. The van der Waals surface area contributed by atoms with Gasteiger partial charge in [-0.2, -0.15) is 5.10 Å². The SMILES string of the molecule is CCOC(=O)c1cnn(C)c1C(C)(C)CC=O. The maximum Gasteiger partial charge on any atom is 0.341 e. The molecule has 1 heterocycles. The van der Waals surface area contributed by atoms with Gasteiger partial charge in [-0.25, -0.2) is 4.79 Å². The van der Waals surface area contributed by atoms with E-state index >= 15 is 0 Å². The smallest absolute Gasteiger partial charge is 0.341 e. The number of aromatic nitrogens is 2. The first-order chi connectivity index (χ1) is 7.94. The van der Waals surface area contributed by atoms with Crippen LogP contribution >= 0.6 is 0 Å². The molecule has 0 saturated heterocycles.